The molecule has 98 valence electrons. The van der Waals surface area contributed by atoms with Crippen LogP contribution in [-0.4, -0.2) is 15.7 Å². The highest BCUT2D eigenvalue weighted by atomic mass is 16.2. The largest absolute Gasteiger partial charge is 0.347 e. The summed E-state index contributed by atoms with van der Waals surface area (Å²) in [5, 5.41) is 6.76. The van der Waals surface area contributed by atoms with Crippen LogP contribution in [0.15, 0.2) is 47.3 Å². The van der Waals surface area contributed by atoms with Crippen molar-refractivity contribution in [2.45, 2.75) is 20.0 Å². The van der Waals surface area contributed by atoms with Crippen LogP contribution < -0.4 is 10.9 Å². The summed E-state index contributed by atoms with van der Waals surface area (Å²) in [5.74, 6) is -0.286. The van der Waals surface area contributed by atoms with Crippen LogP contribution in [0.5, 0.6) is 0 Å². The Morgan fingerprint density at radius 1 is 1.21 bits per heavy atom. The number of nitrogens with zero attached hydrogens (tertiary/aromatic N) is 2. The summed E-state index contributed by atoms with van der Waals surface area (Å²) in [7, 11) is 0. The third-order valence-electron chi connectivity index (χ3n) is 2.69. The monoisotopic (exact) mass is 257 g/mol. The number of hydrogen-bond acceptors (Lipinski definition) is 3. The average Bonchev–Trinajstić information content (AvgIpc) is 2.46. The Bertz CT molecular complexity index is 620. The zero-order valence-electron chi connectivity index (χ0n) is 10.7. The number of hydrogen-bond donors (Lipinski definition) is 1. The molecule has 0 aliphatic carbocycles. The van der Waals surface area contributed by atoms with Crippen molar-refractivity contribution in [2.24, 2.45) is 0 Å². The lowest BCUT2D eigenvalue weighted by atomic mass is 10.2. The van der Waals surface area contributed by atoms with Gasteiger partial charge in [0.25, 0.3) is 11.5 Å². The van der Waals surface area contributed by atoms with Crippen molar-refractivity contribution in [1.82, 2.24) is 15.1 Å². The van der Waals surface area contributed by atoms with Gasteiger partial charge in [-0.1, -0.05) is 30.3 Å². The van der Waals surface area contributed by atoms with Crippen LogP contribution in [0, 0.1) is 0 Å². The molecule has 0 aliphatic rings. The maximum Gasteiger partial charge on any atom is 0.271 e. The molecular weight excluding hydrogens is 242 g/mol. The summed E-state index contributed by atoms with van der Waals surface area (Å²) >= 11 is 0. The molecule has 5 heteroatoms. The molecule has 0 spiro atoms. The lowest BCUT2D eigenvalue weighted by Gasteiger charge is -2.06. The Labute approximate surface area is 110 Å². The minimum Gasteiger partial charge on any atom is -0.347 e. The number of carbonyl (C=O) groups excluding carboxylic acids is 1. The Morgan fingerprint density at radius 2 is 1.95 bits per heavy atom. The van der Waals surface area contributed by atoms with Crippen LogP contribution in [0.4, 0.5) is 0 Å². The Hall–Kier alpha value is -2.43. The van der Waals surface area contributed by atoms with E-state index >= 15 is 0 Å². The molecule has 1 amide bonds. The molecule has 1 aromatic heterocycles. The standard InChI is InChI=1S/C14H15N3O2/c1-2-17-13(18)9-8-12(16-17)14(19)15-10-11-6-4-3-5-7-11/h3-9H,2,10H2,1H3,(H,15,19). The second-order valence-corrected chi connectivity index (χ2v) is 4.04. The quantitative estimate of drug-likeness (QED) is 0.895. The molecule has 1 heterocycles. The van der Waals surface area contributed by atoms with Gasteiger partial charge in [0, 0.05) is 19.2 Å². The van der Waals surface area contributed by atoms with E-state index in [0.717, 1.165) is 5.56 Å². The van der Waals surface area contributed by atoms with Crippen molar-refractivity contribution in [2.75, 3.05) is 0 Å². The van der Waals surface area contributed by atoms with Crippen LogP contribution in [0.3, 0.4) is 0 Å². The third kappa shape index (κ3) is 3.28. The maximum absolute atomic E-state index is 11.9. The van der Waals surface area contributed by atoms with E-state index in [1.165, 1.54) is 16.8 Å². The second-order valence-electron chi connectivity index (χ2n) is 4.04. The highest BCUT2D eigenvalue weighted by molar-refractivity contribution is 5.91. The molecule has 0 bridgehead atoms. The number of rotatable bonds is 4. The van der Waals surface area contributed by atoms with E-state index < -0.39 is 0 Å². The average molecular weight is 257 g/mol. The van der Waals surface area contributed by atoms with Crippen LogP contribution in [0.2, 0.25) is 0 Å². The van der Waals surface area contributed by atoms with Crippen molar-refractivity contribution in [1.29, 1.82) is 0 Å². The fourth-order valence-electron chi connectivity index (χ4n) is 1.67. The first-order valence-corrected chi connectivity index (χ1v) is 6.11. The Balaban J connectivity index is 2.06. The van der Waals surface area contributed by atoms with E-state index in [1.54, 1.807) is 6.92 Å². The van der Waals surface area contributed by atoms with Crippen molar-refractivity contribution in [3.8, 4) is 0 Å². The number of aromatic nitrogens is 2. The second kappa shape index (κ2) is 5.95. The molecule has 0 unspecified atom stereocenters. The van der Waals surface area contributed by atoms with Crippen LogP contribution in [0.25, 0.3) is 0 Å². The minimum absolute atomic E-state index is 0.206. The Kier molecular flexibility index (Phi) is 4.07. The summed E-state index contributed by atoms with van der Waals surface area (Å²) in [6, 6.07) is 12.4. The molecule has 2 rings (SSSR count). The summed E-state index contributed by atoms with van der Waals surface area (Å²) in [6.07, 6.45) is 0. The van der Waals surface area contributed by atoms with E-state index in [-0.39, 0.29) is 17.2 Å². The summed E-state index contributed by atoms with van der Waals surface area (Å²) < 4.78 is 1.26. The highest BCUT2D eigenvalue weighted by Crippen LogP contribution is 1.98. The van der Waals surface area contributed by atoms with Crippen LogP contribution >= 0.6 is 0 Å². The molecule has 0 saturated heterocycles. The van der Waals surface area contributed by atoms with Gasteiger partial charge in [0.05, 0.1) is 0 Å². The number of nitrogens with one attached hydrogen (secondary N) is 1. The van der Waals surface area contributed by atoms with Gasteiger partial charge >= 0.3 is 0 Å². The lowest BCUT2D eigenvalue weighted by Crippen LogP contribution is -2.29. The van der Waals surface area contributed by atoms with E-state index in [4.69, 9.17) is 0 Å². The van der Waals surface area contributed by atoms with Gasteiger partial charge in [0.15, 0.2) is 0 Å². The predicted octanol–water partition coefficient (Wildman–Crippen LogP) is 1.19. The topological polar surface area (TPSA) is 64.0 Å². The molecule has 1 aromatic carbocycles. The summed E-state index contributed by atoms with van der Waals surface area (Å²) in [5.41, 5.74) is 1.05. The first kappa shape index (κ1) is 13.0. The fourth-order valence-corrected chi connectivity index (χ4v) is 1.67. The van der Waals surface area contributed by atoms with Gasteiger partial charge in [-0.2, -0.15) is 5.10 Å². The van der Waals surface area contributed by atoms with Crippen molar-refractivity contribution in [3.05, 3.63) is 64.1 Å². The molecule has 1 N–H and O–H groups in total. The number of amides is 1. The SMILES string of the molecule is CCn1nc(C(=O)NCc2ccccc2)ccc1=O. The van der Waals surface area contributed by atoms with Gasteiger partial charge in [-0.15, -0.1) is 0 Å². The van der Waals surface area contributed by atoms with Gasteiger partial charge in [-0.05, 0) is 18.6 Å². The zero-order valence-corrected chi connectivity index (χ0v) is 10.7. The molecule has 0 saturated carbocycles. The Morgan fingerprint density at radius 3 is 2.63 bits per heavy atom. The normalized spacial score (nSPS) is 10.2. The van der Waals surface area contributed by atoms with Gasteiger partial charge in [-0.3, -0.25) is 9.59 Å². The zero-order chi connectivity index (χ0) is 13.7. The van der Waals surface area contributed by atoms with Gasteiger partial charge in [0.1, 0.15) is 5.69 Å². The van der Waals surface area contributed by atoms with E-state index in [1.807, 2.05) is 30.3 Å². The third-order valence-corrected chi connectivity index (χ3v) is 2.69. The maximum atomic E-state index is 11.9. The number of benzene rings is 1. The predicted molar refractivity (Wildman–Crippen MR) is 71.8 cm³/mol. The number of carbonyl (C=O) groups is 1. The smallest absolute Gasteiger partial charge is 0.271 e. The molecule has 0 fully saturated rings. The molecule has 0 aliphatic heterocycles. The van der Waals surface area contributed by atoms with Crippen molar-refractivity contribution < 1.29 is 4.79 Å². The molecule has 0 atom stereocenters. The summed E-state index contributed by atoms with van der Waals surface area (Å²) in [4.78, 5) is 23.3. The highest BCUT2D eigenvalue weighted by Gasteiger charge is 2.08. The minimum atomic E-state index is -0.286. The number of aryl methyl sites for hydroxylation is 1. The first-order chi connectivity index (χ1) is 9.20. The molecule has 0 radical (unpaired) electrons. The van der Waals surface area contributed by atoms with Crippen molar-refractivity contribution >= 4 is 5.91 Å². The summed E-state index contributed by atoms with van der Waals surface area (Å²) in [6.45, 7) is 2.69. The molecule has 19 heavy (non-hydrogen) atoms. The molecule has 2 aromatic rings. The first-order valence-electron chi connectivity index (χ1n) is 6.11. The lowest BCUT2D eigenvalue weighted by molar-refractivity contribution is 0.0943. The molecular formula is C14H15N3O2. The molecule has 5 nitrogen and oxygen atoms in total. The van der Waals surface area contributed by atoms with Gasteiger partial charge in [-0.25, -0.2) is 4.68 Å². The van der Waals surface area contributed by atoms with Crippen LogP contribution in [0.1, 0.15) is 23.0 Å². The van der Waals surface area contributed by atoms with E-state index in [2.05, 4.69) is 10.4 Å². The van der Waals surface area contributed by atoms with Gasteiger partial charge in [0.2, 0.25) is 0 Å². The van der Waals surface area contributed by atoms with E-state index in [9.17, 15) is 9.59 Å². The van der Waals surface area contributed by atoms with Crippen molar-refractivity contribution in [3.63, 3.8) is 0 Å². The fraction of sp³-hybridized carbons (Fsp3) is 0.214. The van der Waals surface area contributed by atoms with Gasteiger partial charge < -0.3 is 5.32 Å². The van der Waals surface area contributed by atoms with Crippen LogP contribution in [-0.2, 0) is 13.1 Å². The van der Waals surface area contributed by atoms with E-state index in [0.29, 0.717) is 13.1 Å².